The highest BCUT2D eigenvalue weighted by Gasteiger charge is 2.34. The molecule has 0 saturated carbocycles. The lowest BCUT2D eigenvalue weighted by molar-refractivity contribution is -0.139. The van der Waals surface area contributed by atoms with Gasteiger partial charge in [-0.1, -0.05) is 26.0 Å². The molecule has 132 valence electrons. The van der Waals surface area contributed by atoms with E-state index < -0.39 is 0 Å². The lowest BCUT2D eigenvalue weighted by Crippen LogP contribution is -2.50. The number of benzene rings is 1. The fourth-order valence-electron chi connectivity index (χ4n) is 3.39. The van der Waals surface area contributed by atoms with Gasteiger partial charge >= 0.3 is 0 Å². The van der Waals surface area contributed by atoms with E-state index in [4.69, 9.17) is 0 Å². The monoisotopic (exact) mass is 331 g/mol. The van der Waals surface area contributed by atoms with Gasteiger partial charge in [0.1, 0.15) is 6.04 Å². The molecule has 1 aliphatic heterocycles. The minimum absolute atomic E-state index is 0.0606. The van der Waals surface area contributed by atoms with Gasteiger partial charge in [-0.05, 0) is 36.5 Å². The Morgan fingerprint density at radius 3 is 2.54 bits per heavy atom. The van der Waals surface area contributed by atoms with Crippen LogP contribution in [-0.4, -0.2) is 43.4 Å². The topological polar surface area (TPSA) is 52.7 Å². The van der Waals surface area contributed by atoms with Gasteiger partial charge in [0.2, 0.25) is 11.8 Å². The van der Waals surface area contributed by atoms with Crippen LogP contribution in [0.25, 0.3) is 0 Å². The van der Waals surface area contributed by atoms with Crippen LogP contribution in [0.3, 0.4) is 0 Å². The molecule has 1 aromatic rings. The molecule has 24 heavy (non-hydrogen) atoms. The third-order valence-electron chi connectivity index (χ3n) is 4.56. The second-order valence-electron chi connectivity index (χ2n) is 7.11. The Kier molecular flexibility index (Phi) is 5.86. The molecule has 5 heteroatoms. The quantitative estimate of drug-likeness (QED) is 0.870. The largest absolute Gasteiger partial charge is 0.377 e. The van der Waals surface area contributed by atoms with Crippen LogP contribution in [0.4, 0.5) is 5.69 Å². The minimum Gasteiger partial charge on any atom is -0.377 e. The molecule has 1 saturated heterocycles. The number of carbonyl (C=O) groups excluding carboxylic acids is 2. The number of hydrogen-bond acceptors (Lipinski definition) is 3. The highest BCUT2D eigenvalue weighted by Crippen LogP contribution is 2.21. The fraction of sp³-hybridized carbons (Fsp3) is 0.579. The van der Waals surface area contributed by atoms with Crippen LogP contribution in [0.2, 0.25) is 0 Å². The number of nitrogens with zero attached hydrogens (tertiary/aromatic N) is 2. The molecule has 1 aromatic carbocycles. The van der Waals surface area contributed by atoms with Crippen molar-refractivity contribution in [2.24, 2.45) is 5.92 Å². The molecule has 0 aliphatic carbocycles. The second-order valence-corrected chi connectivity index (χ2v) is 7.11. The Morgan fingerprint density at radius 1 is 1.33 bits per heavy atom. The minimum atomic E-state index is -0.373. The Bertz CT molecular complexity index is 611. The van der Waals surface area contributed by atoms with Gasteiger partial charge < -0.3 is 15.1 Å². The van der Waals surface area contributed by atoms with Gasteiger partial charge in [-0.15, -0.1) is 0 Å². The molecule has 1 aliphatic rings. The average molecular weight is 331 g/mol. The summed E-state index contributed by atoms with van der Waals surface area (Å²) >= 11 is 0. The molecule has 1 atom stereocenters. The van der Waals surface area contributed by atoms with Gasteiger partial charge in [-0.2, -0.15) is 0 Å². The van der Waals surface area contributed by atoms with Crippen molar-refractivity contribution in [1.29, 1.82) is 0 Å². The Hall–Kier alpha value is -2.04. The average Bonchev–Trinajstić information content (AvgIpc) is 2.90. The van der Waals surface area contributed by atoms with E-state index in [9.17, 15) is 9.59 Å². The van der Waals surface area contributed by atoms with Gasteiger partial charge in [0, 0.05) is 39.3 Å². The summed E-state index contributed by atoms with van der Waals surface area (Å²) in [4.78, 5) is 28.4. The number of likely N-dealkylation sites (tertiary alicyclic amines) is 1. The molecule has 1 fully saturated rings. The van der Waals surface area contributed by atoms with Crippen molar-refractivity contribution in [3.8, 4) is 0 Å². The molecule has 5 nitrogen and oxygen atoms in total. The number of hydrogen-bond donors (Lipinski definition) is 1. The number of aryl methyl sites for hydroxylation is 1. The van der Waals surface area contributed by atoms with Crippen LogP contribution < -0.4 is 10.2 Å². The molecular weight excluding hydrogens is 302 g/mol. The standard InChI is InChI=1S/C19H29N3O2/c1-13(2)18(22-10-6-7-17(22)23)19(24)20-12-15-8-9-16(21(4)5)14(3)11-15/h8-9,11,13,18H,6-7,10,12H2,1-5H3,(H,20,24)/t18-/m1/s1. The molecule has 0 radical (unpaired) electrons. The number of anilines is 1. The normalized spacial score (nSPS) is 15.8. The van der Waals surface area contributed by atoms with Crippen LogP contribution in [0, 0.1) is 12.8 Å². The van der Waals surface area contributed by atoms with E-state index in [1.54, 1.807) is 4.90 Å². The fourth-order valence-corrected chi connectivity index (χ4v) is 3.39. The predicted octanol–water partition coefficient (Wildman–Crippen LogP) is 2.32. The van der Waals surface area contributed by atoms with Crippen LogP contribution >= 0.6 is 0 Å². The van der Waals surface area contributed by atoms with Crippen LogP contribution in [0.1, 0.15) is 37.8 Å². The van der Waals surface area contributed by atoms with E-state index in [-0.39, 0.29) is 23.8 Å². The van der Waals surface area contributed by atoms with Crippen LogP contribution in [0.5, 0.6) is 0 Å². The lowest BCUT2D eigenvalue weighted by atomic mass is 10.0. The van der Waals surface area contributed by atoms with Crippen molar-refractivity contribution in [2.75, 3.05) is 25.5 Å². The summed E-state index contributed by atoms with van der Waals surface area (Å²) in [6.07, 6.45) is 1.40. The van der Waals surface area contributed by atoms with E-state index >= 15 is 0 Å². The highest BCUT2D eigenvalue weighted by molar-refractivity contribution is 5.88. The van der Waals surface area contributed by atoms with Crippen molar-refractivity contribution >= 4 is 17.5 Å². The first-order valence-corrected chi connectivity index (χ1v) is 8.65. The van der Waals surface area contributed by atoms with E-state index in [2.05, 4.69) is 29.3 Å². The van der Waals surface area contributed by atoms with Gasteiger partial charge in [-0.25, -0.2) is 0 Å². The molecular formula is C19H29N3O2. The second kappa shape index (κ2) is 7.69. The summed E-state index contributed by atoms with van der Waals surface area (Å²) in [5, 5.41) is 3.01. The van der Waals surface area contributed by atoms with Crippen molar-refractivity contribution in [3.63, 3.8) is 0 Å². The maximum Gasteiger partial charge on any atom is 0.243 e. The molecule has 2 rings (SSSR count). The Labute approximate surface area is 145 Å². The van der Waals surface area contributed by atoms with Gasteiger partial charge in [0.05, 0.1) is 0 Å². The summed E-state index contributed by atoms with van der Waals surface area (Å²) in [5.74, 6) is 0.134. The molecule has 0 bridgehead atoms. The third kappa shape index (κ3) is 4.08. The van der Waals surface area contributed by atoms with Gasteiger partial charge in [-0.3, -0.25) is 9.59 Å². The van der Waals surface area contributed by atoms with Crippen LogP contribution in [-0.2, 0) is 16.1 Å². The Morgan fingerprint density at radius 2 is 2.04 bits per heavy atom. The van der Waals surface area contributed by atoms with Crippen molar-refractivity contribution in [3.05, 3.63) is 29.3 Å². The maximum atomic E-state index is 12.6. The summed E-state index contributed by atoms with van der Waals surface area (Å²) in [6.45, 7) is 7.22. The SMILES string of the molecule is Cc1cc(CNC(=O)[C@@H](C(C)C)N2CCCC2=O)ccc1N(C)C. The molecule has 0 spiro atoms. The summed E-state index contributed by atoms with van der Waals surface area (Å²) in [5.41, 5.74) is 3.43. The summed E-state index contributed by atoms with van der Waals surface area (Å²) in [6, 6.07) is 5.83. The van der Waals surface area contributed by atoms with E-state index in [0.29, 0.717) is 19.5 Å². The first-order chi connectivity index (χ1) is 11.3. The Balaban J connectivity index is 2.03. The zero-order valence-corrected chi connectivity index (χ0v) is 15.4. The first kappa shape index (κ1) is 18.3. The zero-order valence-electron chi connectivity index (χ0n) is 15.4. The van der Waals surface area contributed by atoms with E-state index in [1.807, 2.05) is 34.0 Å². The molecule has 0 aromatic heterocycles. The molecule has 1 heterocycles. The lowest BCUT2D eigenvalue weighted by Gasteiger charge is -2.30. The molecule has 2 amide bonds. The third-order valence-corrected chi connectivity index (χ3v) is 4.56. The number of carbonyl (C=O) groups is 2. The molecule has 1 N–H and O–H groups in total. The maximum absolute atomic E-state index is 12.6. The van der Waals surface area contributed by atoms with Crippen molar-refractivity contribution < 1.29 is 9.59 Å². The number of nitrogens with one attached hydrogen (secondary N) is 1. The van der Waals surface area contributed by atoms with Crippen molar-refractivity contribution in [1.82, 2.24) is 10.2 Å². The summed E-state index contributed by atoms with van der Waals surface area (Å²) < 4.78 is 0. The zero-order chi connectivity index (χ0) is 17.9. The van der Waals surface area contributed by atoms with E-state index in [1.165, 1.54) is 11.3 Å². The van der Waals surface area contributed by atoms with Gasteiger partial charge in [0.15, 0.2) is 0 Å². The van der Waals surface area contributed by atoms with Crippen LogP contribution in [0.15, 0.2) is 18.2 Å². The first-order valence-electron chi connectivity index (χ1n) is 8.65. The number of rotatable bonds is 6. The highest BCUT2D eigenvalue weighted by atomic mass is 16.2. The smallest absolute Gasteiger partial charge is 0.243 e. The van der Waals surface area contributed by atoms with Gasteiger partial charge in [0.25, 0.3) is 0 Å². The number of amides is 2. The predicted molar refractivity (Wildman–Crippen MR) is 96.9 cm³/mol. The molecule has 0 unspecified atom stereocenters. The van der Waals surface area contributed by atoms with E-state index in [0.717, 1.165) is 12.0 Å². The summed E-state index contributed by atoms with van der Waals surface area (Å²) in [7, 11) is 4.04. The van der Waals surface area contributed by atoms with Crippen molar-refractivity contribution in [2.45, 2.75) is 46.2 Å².